The number of thiophene rings is 1. The van der Waals surface area contributed by atoms with Crippen LogP contribution >= 0.6 is 23.7 Å². The first kappa shape index (κ1) is 15.8. The van der Waals surface area contributed by atoms with Crippen LogP contribution in [0.4, 0.5) is 0 Å². The summed E-state index contributed by atoms with van der Waals surface area (Å²) >= 11 is 1.79. The van der Waals surface area contributed by atoms with Crippen molar-refractivity contribution in [2.75, 3.05) is 19.6 Å². The summed E-state index contributed by atoms with van der Waals surface area (Å²) in [5, 5.41) is 5.48. The number of amides is 1. The SMILES string of the molecule is CC1CCc2c(C(=O)N3CCNC(C)C3)csc2C1.Cl. The van der Waals surface area contributed by atoms with Gasteiger partial charge in [0.15, 0.2) is 0 Å². The van der Waals surface area contributed by atoms with E-state index in [0.717, 1.165) is 44.0 Å². The molecular formula is C15H23ClN2OS. The van der Waals surface area contributed by atoms with Gasteiger partial charge < -0.3 is 10.2 Å². The smallest absolute Gasteiger partial charge is 0.255 e. The third kappa shape index (κ3) is 3.02. The molecule has 0 spiro atoms. The number of halogens is 1. The minimum Gasteiger partial charge on any atom is -0.336 e. The number of hydrogen-bond donors (Lipinski definition) is 1. The van der Waals surface area contributed by atoms with Crippen LogP contribution in [-0.2, 0) is 12.8 Å². The van der Waals surface area contributed by atoms with Crippen LogP contribution in [0.15, 0.2) is 5.38 Å². The average Bonchev–Trinajstić information content (AvgIpc) is 2.80. The fourth-order valence-electron chi connectivity index (χ4n) is 3.14. The zero-order valence-electron chi connectivity index (χ0n) is 12.1. The molecule has 1 aromatic rings. The highest BCUT2D eigenvalue weighted by molar-refractivity contribution is 7.10. The summed E-state index contributed by atoms with van der Waals surface area (Å²) in [7, 11) is 0. The molecule has 2 atom stereocenters. The number of hydrogen-bond acceptors (Lipinski definition) is 3. The van der Waals surface area contributed by atoms with Crippen LogP contribution in [0.1, 0.15) is 41.1 Å². The van der Waals surface area contributed by atoms with Crippen LogP contribution in [0, 0.1) is 5.92 Å². The van der Waals surface area contributed by atoms with E-state index < -0.39 is 0 Å². The third-order valence-electron chi connectivity index (χ3n) is 4.29. The van der Waals surface area contributed by atoms with Gasteiger partial charge in [-0.05, 0) is 37.7 Å². The highest BCUT2D eigenvalue weighted by Crippen LogP contribution is 2.33. The number of piperazine rings is 1. The van der Waals surface area contributed by atoms with Gasteiger partial charge in [-0.1, -0.05) is 6.92 Å². The molecular weight excluding hydrogens is 292 g/mol. The summed E-state index contributed by atoms with van der Waals surface area (Å²) in [5.74, 6) is 1.02. The zero-order valence-corrected chi connectivity index (χ0v) is 13.8. The Balaban J connectivity index is 0.00000147. The van der Waals surface area contributed by atoms with Crippen molar-refractivity contribution >= 4 is 29.7 Å². The second-order valence-corrected chi connectivity index (χ2v) is 6.97. The summed E-state index contributed by atoms with van der Waals surface area (Å²) in [4.78, 5) is 16.1. The molecule has 0 bridgehead atoms. The Morgan fingerprint density at radius 2 is 2.25 bits per heavy atom. The lowest BCUT2D eigenvalue weighted by Crippen LogP contribution is -2.51. The lowest BCUT2D eigenvalue weighted by Gasteiger charge is -2.32. The van der Waals surface area contributed by atoms with Gasteiger partial charge in [0.25, 0.3) is 5.91 Å². The van der Waals surface area contributed by atoms with E-state index in [-0.39, 0.29) is 18.3 Å². The first-order valence-corrected chi connectivity index (χ1v) is 8.15. The maximum absolute atomic E-state index is 12.7. The van der Waals surface area contributed by atoms with E-state index in [1.807, 2.05) is 4.90 Å². The van der Waals surface area contributed by atoms with Crippen molar-refractivity contribution in [3.8, 4) is 0 Å². The van der Waals surface area contributed by atoms with Crippen LogP contribution in [0.5, 0.6) is 0 Å². The van der Waals surface area contributed by atoms with Crippen LogP contribution in [0.3, 0.4) is 0 Å². The van der Waals surface area contributed by atoms with Gasteiger partial charge in [-0.15, -0.1) is 23.7 Å². The van der Waals surface area contributed by atoms with Gasteiger partial charge in [0.2, 0.25) is 0 Å². The molecule has 1 amide bonds. The molecule has 2 aliphatic rings. The Kier molecular flexibility index (Phi) is 5.10. The minimum absolute atomic E-state index is 0. The number of rotatable bonds is 1. The summed E-state index contributed by atoms with van der Waals surface area (Å²) in [6, 6.07) is 0.409. The number of nitrogens with zero attached hydrogens (tertiary/aromatic N) is 1. The van der Waals surface area contributed by atoms with Gasteiger partial charge in [0.05, 0.1) is 5.56 Å². The number of carbonyl (C=O) groups excluding carboxylic acids is 1. The topological polar surface area (TPSA) is 32.3 Å². The number of nitrogens with one attached hydrogen (secondary N) is 1. The van der Waals surface area contributed by atoms with Crippen molar-refractivity contribution in [2.24, 2.45) is 5.92 Å². The summed E-state index contributed by atoms with van der Waals surface area (Å²) < 4.78 is 0. The molecule has 2 heterocycles. The van der Waals surface area contributed by atoms with Crippen molar-refractivity contribution in [1.29, 1.82) is 0 Å². The monoisotopic (exact) mass is 314 g/mol. The average molecular weight is 315 g/mol. The van der Waals surface area contributed by atoms with Crippen LogP contribution in [0.25, 0.3) is 0 Å². The number of carbonyl (C=O) groups is 1. The predicted octanol–water partition coefficient (Wildman–Crippen LogP) is 2.73. The van der Waals surface area contributed by atoms with Crippen LogP contribution in [-0.4, -0.2) is 36.5 Å². The van der Waals surface area contributed by atoms with Gasteiger partial charge >= 0.3 is 0 Å². The molecule has 1 fully saturated rings. The van der Waals surface area contributed by atoms with E-state index in [1.165, 1.54) is 16.9 Å². The van der Waals surface area contributed by atoms with Crippen molar-refractivity contribution in [3.05, 3.63) is 21.4 Å². The predicted molar refractivity (Wildman–Crippen MR) is 86.1 cm³/mol. The van der Waals surface area contributed by atoms with Gasteiger partial charge in [0, 0.05) is 35.9 Å². The molecule has 1 aromatic heterocycles. The van der Waals surface area contributed by atoms with E-state index in [0.29, 0.717) is 6.04 Å². The molecule has 2 unspecified atom stereocenters. The molecule has 0 radical (unpaired) electrons. The first-order chi connectivity index (χ1) is 9.15. The molecule has 112 valence electrons. The highest BCUT2D eigenvalue weighted by atomic mass is 35.5. The van der Waals surface area contributed by atoms with Crippen molar-refractivity contribution in [3.63, 3.8) is 0 Å². The molecule has 1 saturated heterocycles. The van der Waals surface area contributed by atoms with E-state index in [2.05, 4.69) is 24.5 Å². The van der Waals surface area contributed by atoms with E-state index in [1.54, 1.807) is 11.3 Å². The molecule has 1 aliphatic heterocycles. The van der Waals surface area contributed by atoms with Gasteiger partial charge in [-0.25, -0.2) is 0 Å². The maximum atomic E-state index is 12.7. The fourth-order valence-corrected chi connectivity index (χ4v) is 4.38. The Morgan fingerprint density at radius 1 is 1.45 bits per heavy atom. The Morgan fingerprint density at radius 3 is 3.00 bits per heavy atom. The first-order valence-electron chi connectivity index (χ1n) is 7.27. The molecule has 20 heavy (non-hydrogen) atoms. The maximum Gasteiger partial charge on any atom is 0.255 e. The highest BCUT2D eigenvalue weighted by Gasteiger charge is 2.27. The Bertz CT molecular complexity index is 488. The van der Waals surface area contributed by atoms with Gasteiger partial charge in [-0.2, -0.15) is 0 Å². The molecule has 1 N–H and O–H groups in total. The Labute approximate surface area is 131 Å². The summed E-state index contributed by atoms with van der Waals surface area (Å²) in [5.41, 5.74) is 2.33. The molecule has 0 aromatic carbocycles. The molecule has 5 heteroatoms. The molecule has 3 rings (SSSR count). The van der Waals surface area contributed by atoms with Crippen molar-refractivity contribution in [2.45, 2.75) is 39.2 Å². The van der Waals surface area contributed by atoms with Crippen LogP contribution < -0.4 is 5.32 Å². The molecule has 3 nitrogen and oxygen atoms in total. The second-order valence-electron chi connectivity index (χ2n) is 6.01. The van der Waals surface area contributed by atoms with Gasteiger partial charge in [0.1, 0.15) is 0 Å². The number of fused-ring (bicyclic) bond motifs is 1. The second kappa shape index (κ2) is 6.46. The van der Waals surface area contributed by atoms with Crippen molar-refractivity contribution < 1.29 is 4.79 Å². The van der Waals surface area contributed by atoms with Gasteiger partial charge in [-0.3, -0.25) is 4.79 Å². The Hall–Kier alpha value is -0.580. The van der Waals surface area contributed by atoms with Crippen molar-refractivity contribution in [1.82, 2.24) is 10.2 Å². The lowest BCUT2D eigenvalue weighted by atomic mass is 9.88. The zero-order chi connectivity index (χ0) is 13.4. The third-order valence-corrected chi connectivity index (χ3v) is 5.34. The molecule has 1 aliphatic carbocycles. The largest absolute Gasteiger partial charge is 0.336 e. The summed E-state index contributed by atoms with van der Waals surface area (Å²) in [6.07, 6.45) is 3.47. The minimum atomic E-state index is 0. The summed E-state index contributed by atoms with van der Waals surface area (Å²) in [6.45, 7) is 7.03. The normalized spacial score (nSPS) is 25.8. The van der Waals surface area contributed by atoms with E-state index in [9.17, 15) is 4.79 Å². The standard InChI is InChI=1S/C15H22N2OS.ClH/c1-10-3-4-12-13(9-19-14(12)7-10)15(18)17-6-5-16-11(2)8-17;/h9-11,16H,3-8H2,1-2H3;1H. The molecule has 0 saturated carbocycles. The quantitative estimate of drug-likeness (QED) is 0.864. The fraction of sp³-hybridized carbons (Fsp3) is 0.667. The van der Waals surface area contributed by atoms with Crippen LogP contribution in [0.2, 0.25) is 0 Å². The lowest BCUT2D eigenvalue weighted by molar-refractivity contribution is 0.0708. The van der Waals surface area contributed by atoms with E-state index in [4.69, 9.17) is 0 Å². The van der Waals surface area contributed by atoms with E-state index >= 15 is 0 Å².